The van der Waals surface area contributed by atoms with Crippen molar-refractivity contribution in [3.05, 3.63) is 0 Å². The fraction of sp³-hybridized carbons (Fsp3) is 1.00. The maximum Gasteiger partial charge on any atom is 0.261 e. The number of unbranched alkanes of at least 4 members (excludes halogenated alkanes) is 5. The molecule has 0 saturated carbocycles. The first kappa shape index (κ1) is 19.9. The number of rotatable bonds is 7. The van der Waals surface area contributed by atoms with Gasteiger partial charge in [-0.05, 0) is 39.3 Å². The molecule has 5 heteroatoms. The van der Waals surface area contributed by atoms with Crippen molar-refractivity contribution in [2.45, 2.75) is 77.7 Å². The molecule has 0 bridgehead atoms. The summed E-state index contributed by atoms with van der Waals surface area (Å²) < 4.78 is 25.9. The van der Waals surface area contributed by atoms with Crippen molar-refractivity contribution in [1.82, 2.24) is 4.90 Å². The number of nitrogens with zero attached hydrogens (tertiary/aromatic N) is 1. The van der Waals surface area contributed by atoms with Crippen LogP contribution in [0.5, 0.6) is 0 Å². The highest BCUT2D eigenvalue weighted by molar-refractivity contribution is 7.85. The molecule has 0 amide bonds. The van der Waals surface area contributed by atoms with Crippen molar-refractivity contribution >= 4 is 10.1 Å². The van der Waals surface area contributed by atoms with Crippen LogP contribution in [0.2, 0.25) is 0 Å². The molecular formula is C15H33NO3S. The Balaban J connectivity index is 0.000000621. The van der Waals surface area contributed by atoms with Crippen molar-refractivity contribution in [2.24, 2.45) is 0 Å². The van der Waals surface area contributed by atoms with Gasteiger partial charge in [0.1, 0.15) is 0 Å². The lowest BCUT2D eigenvalue weighted by Crippen LogP contribution is -2.37. The van der Waals surface area contributed by atoms with Crippen molar-refractivity contribution in [3.63, 3.8) is 0 Å². The van der Waals surface area contributed by atoms with Gasteiger partial charge in [-0.1, -0.05) is 45.4 Å². The molecule has 1 saturated heterocycles. The van der Waals surface area contributed by atoms with Crippen LogP contribution in [-0.2, 0) is 10.1 Å². The Kier molecular flexibility index (Phi) is 11.4. The van der Waals surface area contributed by atoms with E-state index in [1.807, 2.05) is 0 Å². The average Bonchev–Trinajstić information content (AvgIpc) is 2.33. The summed E-state index contributed by atoms with van der Waals surface area (Å²) in [6, 6.07) is 0.856. The number of hydrogen-bond donors (Lipinski definition) is 1. The van der Waals surface area contributed by atoms with Gasteiger partial charge in [-0.2, -0.15) is 8.42 Å². The molecule has 0 aliphatic carbocycles. The molecule has 1 unspecified atom stereocenters. The second-order valence-corrected chi connectivity index (χ2v) is 7.35. The average molecular weight is 308 g/mol. The van der Waals surface area contributed by atoms with Crippen molar-refractivity contribution in [2.75, 3.05) is 19.3 Å². The SMILES string of the molecule is CCCCCCCCN1CCCCC1C.CS(=O)(=O)O. The lowest BCUT2D eigenvalue weighted by Gasteiger charge is -2.33. The molecule has 0 spiro atoms. The Bertz CT molecular complexity index is 309. The predicted molar refractivity (Wildman–Crippen MR) is 85.7 cm³/mol. The Morgan fingerprint density at radius 3 is 2.20 bits per heavy atom. The Hall–Kier alpha value is -0.130. The maximum atomic E-state index is 9.19. The summed E-state index contributed by atoms with van der Waals surface area (Å²) in [5, 5.41) is 0. The summed E-state index contributed by atoms with van der Waals surface area (Å²) in [7, 11) is -3.67. The van der Waals surface area contributed by atoms with Gasteiger partial charge >= 0.3 is 0 Å². The molecule has 4 nitrogen and oxygen atoms in total. The van der Waals surface area contributed by atoms with E-state index in [1.165, 1.54) is 70.9 Å². The summed E-state index contributed by atoms with van der Waals surface area (Å²) in [4.78, 5) is 2.70. The molecule has 0 aromatic rings. The zero-order chi connectivity index (χ0) is 15.4. The van der Waals surface area contributed by atoms with E-state index in [0.29, 0.717) is 6.26 Å². The van der Waals surface area contributed by atoms with Crippen LogP contribution in [0.4, 0.5) is 0 Å². The Morgan fingerprint density at radius 1 is 1.10 bits per heavy atom. The molecule has 0 aromatic carbocycles. The third kappa shape index (κ3) is 14.3. The minimum absolute atomic E-state index is 0.715. The van der Waals surface area contributed by atoms with E-state index < -0.39 is 10.1 Å². The molecule has 1 rings (SSSR count). The number of piperidine rings is 1. The molecule has 1 N–H and O–H groups in total. The van der Waals surface area contributed by atoms with Crippen molar-refractivity contribution in [3.8, 4) is 0 Å². The normalized spacial score (nSPS) is 20.3. The highest BCUT2D eigenvalue weighted by atomic mass is 32.2. The smallest absolute Gasteiger partial charge is 0.261 e. The van der Waals surface area contributed by atoms with Crippen molar-refractivity contribution < 1.29 is 13.0 Å². The van der Waals surface area contributed by atoms with Gasteiger partial charge in [0.15, 0.2) is 0 Å². The van der Waals surface area contributed by atoms with Gasteiger partial charge in [-0.15, -0.1) is 0 Å². The minimum atomic E-state index is -3.67. The predicted octanol–water partition coefficient (Wildman–Crippen LogP) is 3.73. The first-order valence-electron chi connectivity index (χ1n) is 8.01. The summed E-state index contributed by atoms with van der Waals surface area (Å²) >= 11 is 0. The lowest BCUT2D eigenvalue weighted by atomic mass is 10.0. The van der Waals surface area contributed by atoms with E-state index in [1.54, 1.807) is 0 Å². The molecule has 122 valence electrons. The molecule has 0 radical (unpaired) electrons. The summed E-state index contributed by atoms with van der Waals surface area (Å²) in [6.07, 6.45) is 13.6. The maximum absolute atomic E-state index is 9.19. The van der Waals surface area contributed by atoms with E-state index in [9.17, 15) is 8.42 Å². The summed E-state index contributed by atoms with van der Waals surface area (Å²) in [5.41, 5.74) is 0. The van der Waals surface area contributed by atoms with Crippen LogP contribution < -0.4 is 0 Å². The third-order valence-corrected chi connectivity index (χ3v) is 3.74. The van der Waals surface area contributed by atoms with Crippen LogP contribution in [0.25, 0.3) is 0 Å². The monoisotopic (exact) mass is 307 g/mol. The topological polar surface area (TPSA) is 57.6 Å². The van der Waals surface area contributed by atoms with Gasteiger partial charge in [0.05, 0.1) is 6.26 Å². The van der Waals surface area contributed by atoms with Gasteiger partial charge in [0, 0.05) is 6.04 Å². The third-order valence-electron chi connectivity index (χ3n) is 3.74. The Labute approximate surface area is 125 Å². The second kappa shape index (κ2) is 11.5. The van der Waals surface area contributed by atoms with Crippen LogP contribution in [0.3, 0.4) is 0 Å². The minimum Gasteiger partial charge on any atom is -0.301 e. The van der Waals surface area contributed by atoms with E-state index in [-0.39, 0.29) is 0 Å². The zero-order valence-corrected chi connectivity index (χ0v) is 14.3. The largest absolute Gasteiger partial charge is 0.301 e. The van der Waals surface area contributed by atoms with Crippen molar-refractivity contribution in [1.29, 1.82) is 0 Å². The molecule has 0 aromatic heterocycles. The van der Waals surface area contributed by atoms with Gasteiger partial charge in [0.25, 0.3) is 10.1 Å². The summed E-state index contributed by atoms with van der Waals surface area (Å²) in [5.74, 6) is 0. The molecule has 1 atom stereocenters. The fourth-order valence-corrected chi connectivity index (χ4v) is 2.59. The van der Waals surface area contributed by atoms with Gasteiger partial charge in [-0.3, -0.25) is 4.55 Å². The van der Waals surface area contributed by atoms with Gasteiger partial charge in [-0.25, -0.2) is 0 Å². The second-order valence-electron chi connectivity index (χ2n) is 5.88. The number of likely N-dealkylation sites (tertiary alicyclic amines) is 1. The van der Waals surface area contributed by atoms with Crippen LogP contribution in [-0.4, -0.2) is 43.3 Å². The van der Waals surface area contributed by atoms with Gasteiger partial charge < -0.3 is 4.90 Å². The quantitative estimate of drug-likeness (QED) is 0.575. The Morgan fingerprint density at radius 2 is 1.65 bits per heavy atom. The molecule has 1 fully saturated rings. The molecule has 20 heavy (non-hydrogen) atoms. The van der Waals surface area contributed by atoms with Crippen LogP contribution in [0.1, 0.15) is 71.6 Å². The standard InChI is InChI=1S/C14H29N.CH4O3S/c1-3-4-5-6-7-9-12-15-13-10-8-11-14(15)2;1-5(2,3)4/h14H,3-13H2,1-2H3;1H3,(H,2,3,4). The molecule has 1 aliphatic heterocycles. The molecule has 1 heterocycles. The van der Waals surface area contributed by atoms with Crippen LogP contribution in [0.15, 0.2) is 0 Å². The van der Waals surface area contributed by atoms with Crippen LogP contribution >= 0.6 is 0 Å². The lowest BCUT2D eigenvalue weighted by molar-refractivity contribution is 0.157. The summed E-state index contributed by atoms with van der Waals surface area (Å²) in [6.45, 7) is 7.40. The highest BCUT2D eigenvalue weighted by Crippen LogP contribution is 2.17. The highest BCUT2D eigenvalue weighted by Gasteiger charge is 2.16. The van der Waals surface area contributed by atoms with E-state index in [4.69, 9.17) is 4.55 Å². The zero-order valence-electron chi connectivity index (χ0n) is 13.5. The molecule has 1 aliphatic rings. The number of hydrogen-bond acceptors (Lipinski definition) is 3. The van der Waals surface area contributed by atoms with Crippen LogP contribution in [0, 0.1) is 0 Å². The van der Waals surface area contributed by atoms with E-state index in [2.05, 4.69) is 18.7 Å². The van der Waals surface area contributed by atoms with E-state index >= 15 is 0 Å². The molecular weight excluding hydrogens is 274 g/mol. The first-order chi connectivity index (χ1) is 9.34. The van der Waals surface area contributed by atoms with E-state index in [0.717, 1.165) is 6.04 Å². The van der Waals surface area contributed by atoms with Gasteiger partial charge in [0.2, 0.25) is 0 Å². The fourth-order valence-electron chi connectivity index (χ4n) is 2.59. The first-order valence-corrected chi connectivity index (χ1v) is 9.86.